The first-order chi connectivity index (χ1) is 9.67. The highest BCUT2D eigenvalue weighted by molar-refractivity contribution is 9.08. The lowest BCUT2D eigenvalue weighted by Gasteiger charge is -2.12. The molecule has 0 spiro atoms. The van der Waals surface area contributed by atoms with Crippen LogP contribution in [0.1, 0.15) is 11.1 Å². The van der Waals surface area contributed by atoms with Crippen LogP contribution in [0.5, 0.6) is 17.2 Å². The third kappa shape index (κ3) is 3.24. The summed E-state index contributed by atoms with van der Waals surface area (Å²) in [7, 11) is 1.53. The number of benzene rings is 2. The third-order valence-electron chi connectivity index (χ3n) is 2.66. The van der Waals surface area contributed by atoms with Crippen molar-refractivity contribution >= 4 is 27.5 Å². The number of hydrogen-bond acceptors (Lipinski definition) is 3. The number of alkyl halides is 1. The van der Waals surface area contributed by atoms with Crippen LogP contribution in [0.2, 0.25) is 5.02 Å². The van der Waals surface area contributed by atoms with Gasteiger partial charge in [-0.25, -0.2) is 0 Å². The normalized spacial score (nSPS) is 9.90. The second-order valence-corrected chi connectivity index (χ2v) is 4.95. The number of hydrogen-bond donors (Lipinski definition) is 0. The summed E-state index contributed by atoms with van der Waals surface area (Å²) >= 11 is 9.54. The van der Waals surface area contributed by atoms with Crippen LogP contribution in [0, 0.1) is 11.3 Å². The van der Waals surface area contributed by atoms with Gasteiger partial charge in [0.25, 0.3) is 0 Å². The molecule has 0 aliphatic heterocycles. The highest BCUT2D eigenvalue weighted by Gasteiger charge is 2.09. The van der Waals surface area contributed by atoms with E-state index in [4.69, 9.17) is 26.3 Å². The fourth-order valence-corrected chi connectivity index (χ4v) is 2.24. The van der Waals surface area contributed by atoms with Gasteiger partial charge in [0, 0.05) is 11.4 Å². The van der Waals surface area contributed by atoms with Gasteiger partial charge in [-0.3, -0.25) is 0 Å². The summed E-state index contributed by atoms with van der Waals surface area (Å²) in [5.41, 5.74) is 1.57. The molecule has 20 heavy (non-hydrogen) atoms. The van der Waals surface area contributed by atoms with Gasteiger partial charge in [-0.2, -0.15) is 5.26 Å². The van der Waals surface area contributed by atoms with Gasteiger partial charge in [-0.15, -0.1) is 0 Å². The molecule has 0 aliphatic carbocycles. The summed E-state index contributed by atoms with van der Waals surface area (Å²) in [6.45, 7) is 0. The average molecular weight is 353 g/mol. The molecule has 0 heterocycles. The lowest BCUT2D eigenvalue weighted by Crippen LogP contribution is -1.92. The van der Waals surface area contributed by atoms with Crippen LogP contribution >= 0.6 is 27.5 Å². The van der Waals surface area contributed by atoms with E-state index in [0.29, 0.717) is 27.8 Å². The molecule has 0 radical (unpaired) electrons. The molecule has 102 valence electrons. The molecule has 0 amide bonds. The zero-order valence-corrected chi connectivity index (χ0v) is 13.0. The van der Waals surface area contributed by atoms with Crippen molar-refractivity contribution in [3.05, 3.63) is 52.5 Å². The predicted octanol–water partition coefficient (Wildman–Crippen LogP) is 4.91. The Morgan fingerprint density at radius 1 is 1.15 bits per heavy atom. The van der Waals surface area contributed by atoms with Gasteiger partial charge < -0.3 is 9.47 Å². The van der Waals surface area contributed by atoms with Crippen LogP contribution in [0.3, 0.4) is 0 Å². The summed E-state index contributed by atoms with van der Waals surface area (Å²) in [6, 6.07) is 12.6. The van der Waals surface area contributed by atoms with Gasteiger partial charge in [0.2, 0.25) is 0 Å². The van der Waals surface area contributed by atoms with Crippen molar-refractivity contribution in [2.24, 2.45) is 0 Å². The molecule has 0 fully saturated rings. The van der Waals surface area contributed by atoms with Crippen molar-refractivity contribution in [2.75, 3.05) is 7.11 Å². The van der Waals surface area contributed by atoms with E-state index in [9.17, 15) is 0 Å². The SMILES string of the molecule is COc1cc(C#N)ccc1Oc1ccc(CBr)cc1Cl. The van der Waals surface area contributed by atoms with E-state index in [-0.39, 0.29) is 0 Å². The Morgan fingerprint density at radius 3 is 2.50 bits per heavy atom. The Labute approximate surface area is 130 Å². The molecule has 0 aliphatic rings. The first kappa shape index (κ1) is 14.7. The van der Waals surface area contributed by atoms with Crippen LogP contribution in [0.4, 0.5) is 0 Å². The smallest absolute Gasteiger partial charge is 0.169 e. The van der Waals surface area contributed by atoms with E-state index in [1.165, 1.54) is 7.11 Å². The number of rotatable bonds is 4. The molecule has 2 rings (SSSR count). The molecule has 2 aromatic rings. The van der Waals surface area contributed by atoms with Gasteiger partial charge in [-0.1, -0.05) is 33.6 Å². The largest absolute Gasteiger partial charge is 0.493 e. The first-order valence-corrected chi connectivity index (χ1v) is 7.28. The minimum atomic E-state index is 0.490. The highest BCUT2D eigenvalue weighted by atomic mass is 79.9. The van der Waals surface area contributed by atoms with Crippen molar-refractivity contribution in [3.8, 4) is 23.3 Å². The second-order valence-electron chi connectivity index (χ2n) is 3.98. The van der Waals surface area contributed by atoms with Crippen LogP contribution < -0.4 is 9.47 Å². The van der Waals surface area contributed by atoms with Crippen molar-refractivity contribution in [2.45, 2.75) is 5.33 Å². The zero-order chi connectivity index (χ0) is 14.5. The maximum Gasteiger partial charge on any atom is 0.169 e. The van der Waals surface area contributed by atoms with E-state index in [0.717, 1.165) is 10.9 Å². The Balaban J connectivity index is 2.32. The maximum absolute atomic E-state index is 8.87. The number of ether oxygens (including phenoxy) is 2. The van der Waals surface area contributed by atoms with E-state index in [2.05, 4.69) is 22.0 Å². The molecule has 0 atom stereocenters. The highest BCUT2D eigenvalue weighted by Crippen LogP contribution is 2.36. The van der Waals surface area contributed by atoms with Crippen molar-refractivity contribution in [1.82, 2.24) is 0 Å². The molecule has 3 nitrogen and oxygen atoms in total. The van der Waals surface area contributed by atoms with Crippen LogP contribution in [-0.2, 0) is 5.33 Å². The van der Waals surface area contributed by atoms with Crippen molar-refractivity contribution in [1.29, 1.82) is 5.26 Å². The monoisotopic (exact) mass is 351 g/mol. The van der Waals surface area contributed by atoms with Gasteiger partial charge >= 0.3 is 0 Å². The summed E-state index contributed by atoms with van der Waals surface area (Å²) in [5, 5.41) is 10.1. The molecular weight excluding hydrogens is 342 g/mol. The van der Waals surface area contributed by atoms with Gasteiger partial charge in [0.15, 0.2) is 11.5 Å². The van der Waals surface area contributed by atoms with Crippen molar-refractivity contribution in [3.63, 3.8) is 0 Å². The maximum atomic E-state index is 8.87. The van der Waals surface area contributed by atoms with Crippen LogP contribution in [0.25, 0.3) is 0 Å². The van der Waals surface area contributed by atoms with Gasteiger partial charge in [-0.05, 0) is 29.8 Å². The molecule has 0 aromatic heterocycles. The van der Waals surface area contributed by atoms with E-state index < -0.39 is 0 Å². The Morgan fingerprint density at radius 2 is 1.90 bits per heavy atom. The van der Waals surface area contributed by atoms with Crippen LogP contribution in [-0.4, -0.2) is 7.11 Å². The average Bonchev–Trinajstić information content (AvgIpc) is 2.49. The molecule has 0 unspecified atom stereocenters. The van der Waals surface area contributed by atoms with E-state index in [1.807, 2.05) is 12.1 Å². The summed E-state index contributed by atoms with van der Waals surface area (Å²) < 4.78 is 11.0. The standard InChI is InChI=1S/C15H11BrClNO2/c1-19-15-7-11(9-18)3-5-14(15)20-13-4-2-10(8-16)6-12(13)17/h2-7H,8H2,1H3. The number of halogens is 2. The predicted molar refractivity (Wildman–Crippen MR) is 81.9 cm³/mol. The molecule has 5 heteroatoms. The molecule has 0 N–H and O–H groups in total. The van der Waals surface area contributed by atoms with Crippen molar-refractivity contribution < 1.29 is 9.47 Å². The molecular formula is C15H11BrClNO2. The molecule has 2 aromatic carbocycles. The van der Waals surface area contributed by atoms with E-state index in [1.54, 1.807) is 24.3 Å². The Hall–Kier alpha value is -1.70. The number of nitriles is 1. The Bertz CT molecular complexity index is 667. The quantitative estimate of drug-likeness (QED) is 0.734. The van der Waals surface area contributed by atoms with E-state index >= 15 is 0 Å². The summed E-state index contributed by atoms with van der Waals surface area (Å²) in [4.78, 5) is 0. The minimum Gasteiger partial charge on any atom is -0.493 e. The molecule has 0 saturated heterocycles. The third-order valence-corrected chi connectivity index (χ3v) is 3.61. The summed E-state index contributed by atoms with van der Waals surface area (Å²) in [5.74, 6) is 1.55. The first-order valence-electron chi connectivity index (χ1n) is 5.78. The molecule has 0 bridgehead atoms. The molecule has 0 saturated carbocycles. The Kier molecular flexibility index (Phi) is 4.89. The zero-order valence-electron chi connectivity index (χ0n) is 10.7. The lowest BCUT2D eigenvalue weighted by atomic mass is 10.2. The lowest BCUT2D eigenvalue weighted by molar-refractivity contribution is 0.379. The van der Waals surface area contributed by atoms with Crippen LogP contribution in [0.15, 0.2) is 36.4 Å². The minimum absolute atomic E-state index is 0.490. The fraction of sp³-hybridized carbons (Fsp3) is 0.133. The summed E-state index contributed by atoms with van der Waals surface area (Å²) in [6.07, 6.45) is 0. The van der Waals surface area contributed by atoms with Gasteiger partial charge in [0.05, 0.1) is 23.8 Å². The van der Waals surface area contributed by atoms with Gasteiger partial charge in [0.1, 0.15) is 5.75 Å². The topological polar surface area (TPSA) is 42.2 Å². The number of nitrogens with zero attached hydrogens (tertiary/aromatic N) is 1. The number of methoxy groups -OCH3 is 1. The fourth-order valence-electron chi connectivity index (χ4n) is 1.65. The second kappa shape index (κ2) is 6.65.